The van der Waals surface area contributed by atoms with Gasteiger partial charge < -0.3 is 4.74 Å². The third-order valence-electron chi connectivity index (χ3n) is 0.808. The van der Waals surface area contributed by atoms with Crippen LogP contribution in [0.4, 0.5) is 4.79 Å². The van der Waals surface area contributed by atoms with E-state index in [1.165, 1.54) is 6.33 Å². The number of aromatic nitrogens is 4. The van der Waals surface area contributed by atoms with Gasteiger partial charge in [0.2, 0.25) is 0 Å². The highest BCUT2D eigenvalue weighted by Gasteiger charge is 2.14. The second-order valence-corrected chi connectivity index (χ2v) is 1.46. The zero-order valence-corrected chi connectivity index (χ0v) is 5.44. The lowest BCUT2D eigenvalue weighted by Crippen LogP contribution is -2.18. The zero-order chi connectivity index (χ0) is 7.40. The van der Waals surface area contributed by atoms with Crippen LogP contribution in [0.15, 0.2) is 6.33 Å². The Morgan fingerprint density at radius 1 is 1.90 bits per heavy atom. The number of nitrogens with one attached hydrogen (secondary N) is 1. The molecule has 10 heavy (non-hydrogen) atoms. The van der Waals surface area contributed by atoms with Gasteiger partial charge in [0.1, 0.15) is 0 Å². The molecule has 0 saturated carbocycles. The summed E-state index contributed by atoms with van der Waals surface area (Å²) in [6, 6.07) is 0. The first-order valence-electron chi connectivity index (χ1n) is 2.80. The van der Waals surface area contributed by atoms with Crippen LogP contribution in [0, 0.1) is 0 Å². The molecule has 0 unspecified atom stereocenters. The normalized spacial score (nSPS) is 9.30. The summed E-state index contributed by atoms with van der Waals surface area (Å²) in [5, 5.41) is 9.32. The van der Waals surface area contributed by atoms with Gasteiger partial charge >= 0.3 is 6.09 Å². The average molecular weight is 143 g/mol. The standard InChI is InChI=1S/C4H6N4O2/c1-2-10-4(9)8-6-3-5-7-8/h3H,2H2,1H3/p+1. The fourth-order valence-electron chi connectivity index (χ4n) is 0.456. The predicted octanol–water partition coefficient (Wildman–Crippen LogP) is -0.903. The van der Waals surface area contributed by atoms with Crippen molar-refractivity contribution in [3.05, 3.63) is 6.33 Å². The molecular formula is C4H7N4O2+. The molecule has 1 aromatic rings. The van der Waals surface area contributed by atoms with Crippen molar-refractivity contribution >= 4 is 6.09 Å². The van der Waals surface area contributed by atoms with E-state index in [-0.39, 0.29) is 0 Å². The van der Waals surface area contributed by atoms with E-state index in [0.717, 1.165) is 4.80 Å². The van der Waals surface area contributed by atoms with Crippen LogP contribution in [0.25, 0.3) is 0 Å². The molecule has 1 rings (SSSR count). The van der Waals surface area contributed by atoms with Crippen molar-refractivity contribution < 1.29 is 14.6 Å². The maximum absolute atomic E-state index is 10.7. The maximum atomic E-state index is 10.7. The first kappa shape index (κ1) is 6.66. The summed E-state index contributed by atoms with van der Waals surface area (Å²) < 4.78 is 4.57. The van der Waals surface area contributed by atoms with Crippen molar-refractivity contribution in [3.8, 4) is 0 Å². The molecule has 0 amide bonds. The number of carbonyl (C=O) groups excluding carboxylic acids is 1. The molecule has 0 aliphatic carbocycles. The van der Waals surface area contributed by atoms with Crippen LogP contribution < -0.4 is 5.10 Å². The average Bonchev–Trinajstić information content (AvgIpc) is 2.38. The minimum absolute atomic E-state index is 0.320. The number of tetrazole rings is 1. The topological polar surface area (TPSA) is 71.2 Å². The van der Waals surface area contributed by atoms with Crippen molar-refractivity contribution in [2.24, 2.45) is 0 Å². The summed E-state index contributed by atoms with van der Waals surface area (Å²) in [5.74, 6) is 0. The van der Waals surface area contributed by atoms with Crippen LogP contribution in [0.2, 0.25) is 0 Å². The second-order valence-electron chi connectivity index (χ2n) is 1.46. The highest BCUT2D eigenvalue weighted by Crippen LogP contribution is 1.79. The van der Waals surface area contributed by atoms with E-state index in [2.05, 4.69) is 20.1 Å². The summed E-state index contributed by atoms with van der Waals surface area (Å²) in [6.45, 7) is 2.03. The number of ether oxygens (including phenoxy) is 1. The Hall–Kier alpha value is -1.46. The Morgan fingerprint density at radius 2 is 2.70 bits per heavy atom. The smallest absolute Gasteiger partial charge is 0.434 e. The van der Waals surface area contributed by atoms with Gasteiger partial charge in [0.25, 0.3) is 6.33 Å². The van der Waals surface area contributed by atoms with E-state index in [1.54, 1.807) is 6.92 Å². The van der Waals surface area contributed by atoms with Gasteiger partial charge in [-0.05, 0) is 6.92 Å². The van der Waals surface area contributed by atoms with E-state index in [9.17, 15) is 4.79 Å². The van der Waals surface area contributed by atoms with Gasteiger partial charge in [-0.15, -0.1) is 0 Å². The van der Waals surface area contributed by atoms with Crippen molar-refractivity contribution in [2.45, 2.75) is 6.92 Å². The number of hydrogen-bond donors (Lipinski definition) is 0. The maximum Gasteiger partial charge on any atom is 0.533 e. The van der Waals surface area contributed by atoms with Crippen LogP contribution in [-0.2, 0) is 4.74 Å². The number of rotatable bonds is 1. The molecule has 6 heteroatoms. The lowest BCUT2D eigenvalue weighted by molar-refractivity contribution is -0.457. The third-order valence-corrected chi connectivity index (χ3v) is 0.808. The minimum Gasteiger partial charge on any atom is -0.434 e. The molecule has 0 atom stereocenters. The van der Waals surface area contributed by atoms with Crippen LogP contribution >= 0.6 is 0 Å². The summed E-state index contributed by atoms with van der Waals surface area (Å²) in [5.41, 5.74) is 0. The van der Waals surface area contributed by atoms with Gasteiger partial charge in [-0.25, -0.2) is 4.79 Å². The monoisotopic (exact) mass is 143 g/mol. The zero-order valence-electron chi connectivity index (χ0n) is 5.44. The van der Waals surface area contributed by atoms with Gasteiger partial charge in [-0.3, -0.25) is 0 Å². The molecule has 0 spiro atoms. The van der Waals surface area contributed by atoms with Gasteiger partial charge in [0, 0.05) is 0 Å². The second kappa shape index (κ2) is 2.90. The highest BCUT2D eigenvalue weighted by molar-refractivity contribution is 5.67. The molecular weight excluding hydrogens is 136 g/mol. The number of aromatic amines is 1. The Balaban J connectivity index is 2.59. The Kier molecular flexibility index (Phi) is 1.93. The molecule has 6 nitrogen and oxygen atoms in total. The van der Waals surface area contributed by atoms with Crippen LogP contribution in [-0.4, -0.2) is 27.8 Å². The minimum atomic E-state index is -0.580. The van der Waals surface area contributed by atoms with Crippen molar-refractivity contribution in [1.29, 1.82) is 0 Å². The van der Waals surface area contributed by atoms with Crippen LogP contribution in [0.1, 0.15) is 6.92 Å². The quantitative estimate of drug-likeness (QED) is 0.510. The molecule has 0 aliphatic heterocycles. The Labute approximate surface area is 56.8 Å². The fourth-order valence-corrected chi connectivity index (χ4v) is 0.456. The summed E-state index contributed by atoms with van der Waals surface area (Å²) in [7, 11) is 0. The molecule has 0 aromatic carbocycles. The van der Waals surface area contributed by atoms with E-state index >= 15 is 0 Å². The van der Waals surface area contributed by atoms with Crippen molar-refractivity contribution in [2.75, 3.05) is 6.61 Å². The molecule has 1 aromatic heterocycles. The number of H-pyrrole nitrogens is 1. The third kappa shape index (κ3) is 1.28. The van der Waals surface area contributed by atoms with E-state index in [4.69, 9.17) is 0 Å². The molecule has 0 aliphatic rings. The van der Waals surface area contributed by atoms with Gasteiger partial charge in [0.05, 0.1) is 21.7 Å². The molecule has 54 valence electrons. The first-order chi connectivity index (χ1) is 4.84. The molecule has 1 N–H and O–H groups in total. The largest absolute Gasteiger partial charge is 0.533 e. The summed E-state index contributed by atoms with van der Waals surface area (Å²) in [6.07, 6.45) is 0.709. The highest BCUT2D eigenvalue weighted by atomic mass is 16.6. The number of hydrogen-bond acceptors (Lipinski definition) is 4. The van der Waals surface area contributed by atoms with Gasteiger partial charge in [-0.1, -0.05) is 0 Å². The number of carbonyl (C=O) groups is 1. The fraction of sp³-hybridized carbons (Fsp3) is 0.500. The molecule has 0 saturated heterocycles. The molecule has 1 heterocycles. The van der Waals surface area contributed by atoms with Crippen LogP contribution in [0.5, 0.6) is 0 Å². The SMILES string of the molecule is CCOC(=O)n1nc[nH+]n1. The predicted molar refractivity (Wildman–Crippen MR) is 29.0 cm³/mol. The molecule has 0 bridgehead atoms. The molecule has 0 radical (unpaired) electrons. The Morgan fingerprint density at radius 3 is 3.20 bits per heavy atom. The lowest BCUT2D eigenvalue weighted by Gasteiger charge is -1.89. The number of nitrogens with zero attached hydrogens (tertiary/aromatic N) is 3. The van der Waals surface area contributed by atoms with E-state index < -0.39 is 6.09 Å². The lowest BCUT2D eigenvalue weighted by atomic mass is 10.9. The van der Waals surface area contributed by atoms with Crippen LogP contribution in [0.3, 0.4) is 0 Å². The van der Waals surface area contributed by atoms with Crippen molar-refractivity contribution in [3.63, 3.8) is 0 Å². The van der Waals surface area contributed by atoms with E-state index in [0.29, 0.717) is 6.61 Å². The summed E-state index contributed by atoms with van der Waals surface area (Å²) in [4.78, 5) is 11.5. The van der Waals surface area contributed by atoms with Gasteiger partial charge in [-0.2, -0.15) is 5.10 Å². The summed E-state index contributed by atoms with van der Waals surface area (Å²) >= 11 is 0. The first-order valence-corrected chi connectivity index (χ1v) is 2.80. The van der Waals surface area contributed by atoms with Gasteiger partial charge in [0.15, 0.2) is 0 Å². The molecule has 0 fully saturated rings. The Bertz CT molecular complexity index is 207. The van der Waals surface area contributed by atoms with Crippen molar-refractivity contribution in [1.82, 2.24) is 15.1 Å². The van der Waals surface area contributed by atoms with E-state index in [1.807, 2.05) is 0 Å².